The lowest BCUT2D eigenvalue weighted by molar-refractivity contribution is -0.125. The molecule has 0 aromatic carbocycles. The maximum atomic E-state index is 11.8. The first-order valence-electron chi connectivity index (χ1n) is 6.24. The van der Waals surface area contributed by atoms with Crippen molar-refractivity contribution in [3.8, 4) is 0 Å². The SMILES string of the molecule is COCCCC(C)C(=O)NCC(O)c1ccc(Cl)s1. The molecule has 1 aromatic heterocycles. The molecule has 0 aliphatic rings. The van der Waals surface area contributed by atoms with E-state index in [1.54, 1.807) is 19.2 Å². The van der Waals surface area contributed by atoms with Gasteiger partial charge in [0, 0.05) is 31.1 Å². The summed E-state index contributed by atoms with van der Waals surface area (Å²) in [5.74, 6) is -0.118. The van der Waals surface area contributed by atoms with Crippen molar-refractivity contribution in [2.45, 2.75) is 25.9 Å². The molecule has 6 heteroatoms. The summed E-state index contributed by atoms with van der Waals surface area (Å²) in [7, 11) is 1.65. The van der Waals surface area contributed by atoms with Gasteiger partial charge in [-0.1, -0.05) is 18.5 Å². The molecule has 1 amide bonds. The van der Waals surface area contributed by atoms with Crippen molar-refractivity contribution in [3.05, 3.63) is 21.3 Å². The van der Waals surface area contributed by atoms with E-state index in [4.69, 9.17) is 16.3 Å². The minimum absolute atomic E-state index is 0.0437. The van der Waals surface area contributed by atoms with Gasteiger partial charge in [0.25, 0.3) is 0 Å². The molecule has 2 N–H and O–H groups in total. The van der Waals surface area contributed by atoms with Gasteiger partial charge in [-0.05, 0) is 25.0 Å². The number of halogens is 1. The summed E-state index contributed by atoms with van der Waals surface area (Å²) in [4.78, 5) is 12.6. The highest BCUT2D eigenvalue weighted by Crippen LogP contribution is 2.26. The zero-order valence-corrected chi connectivity index (χ0v) is 12.8. The maximum Gasteiger partial charge on any atom is 0.222 e. The minimum atomic E-state index is -0.701. The van der Waals surface area contributed by atoms with Crippen molar-refractivity contribution in [1.82, 2.24) is 5.32 Å². The second-order valence-corrected chi connectivity index (χ2v) is 6.19. The van der Waals surface area contributed by atoms with Crippen LogP contribution >= 0.6 is 22.9 Å². The Labute approximate surface area is 122 Å². The van der Waals surface area contributed by atoms with Crippen molar-refractivity contribution >= 4 is 28.8 Å². The molecular formula is C13H20ClNO3S. The number of methoxy groups -OCH3 is 1. The fraction of sp³-hybridized carbons (Fsp3) is 0.615. The molecule has 0 saturated carbocycles. The highest BCUT2D eigenvalue weighted by atomic mass is 35.5. The van der Waals surface area contributed by atoms with Crippen molar-refractivity contribution in [1.29, 1.82) is 0 Å². The van der Waals surface area contributed by atoms with Crippen LogP contribution < -0.4 is 5.32 Å². The van der Waals surface area contributed by atoms with Crippen LogP contribution in [-0.2, 0) is 9.53 Å². The molecule has 19 heavy (non-hydrogen) atoms. The fourth-order valence-electron chi connectivity index (χ4n) is 1.64. The highest BCUT2D eigenvalue weighted by Gasteiger charge is 2.15. The number of aliphatic hydroxyl groups excluding tert-OH is 1. The first kappa shape index (κ1) is 16.4. The number of nitrogens with one attached hydrogen (secondary N) is 1. The summed E-state index contributed by atoms with van der Waals surface area (Å²) in [6.45, 7) is 2.75. The molecule has 0 fully saturated rings. The predicted molar refractivity (Wildman–Crippen MR) is 77.6 cm³/mol. The zero-order valence-electron chi connectivity index (χ0n) is 11.2. The Bertz CT molecular complexity index is 397. The van der Waals surface area contributed by atoms with Gasteiger partial charge < -0.3 is 15.2 Å². The van der Waals surface area contributed by atoms with Crippen LogP contribution in [-0.4, -0.2) is 31.3 Å². The summed E-state index contributed by atoms with van der Waals surface area (Å²) >= 11 is 7.12. The molecule has 1 aromatic rings. The summed E-state index contributed by atoms with van der Waals surface area (Å²) in [6, 6.07) is 3.51. The van der Waals surface area contributed by atoms with Crippen LogP contribution in [0.5, 0.6) is 0 Å². The summed E-state index contributed by atoms with van der Waals surface area (Å²) in [5.41, 5.74) is 0. The van der Waals surface area contributed by atoms with Gasteiger partial charge in [-0.3, -0.25) is 4.79 Å². The van der Waals surface area contributed by atoms with Gasteiger partial charge in [0.1, 0.15) is 6.10 Å². The van der Waals surface area contributed by atoms with Gasteiger partial charge in [-0.15, -0.1) is 11.3 Å². The first-order valence-corrected chi connectivity index (χ1v) is 7.44. The molecule has 0 aliphatic carbocycles. The second-order valence-electron chi connectivity index (χ2n) is 4.44. The number of rotatable bonds is 8. The van der Waals surface area contributed by atoms with E-state index in [1.807, 2.05) is 6.92 Å². The second kappa shape index (κ2) is 8.53. The van der Waals surface area contributed by atoms with Crippen LogP contribution in [0.1, 0.15) is 30.7 Å². The summed E-state index contributed by atoms with van der Waals surface area (Å²) in [6.07, 6.45) is 0.932. The zero-order chi connectivity index (χ0) is 14.3. The van der Waals surface area contributed by atoms with E-state index in [-0.39, 0.29) is 18.4 Å². The largest absolute Gasteiger partial charge is 0.386 e. The fourth-order valence-corrected chi connectivity index (χ4v) is 2.69. The average Bonchev–Trinajstić information content (AvgIpc) is 2.82. The van der Waals surface area contributed by atoms with Crippen LogP contribution in [0.2, 0.25) is 4.34 Å². The lowest BCUT2D eigenvalue weighted by atomic mass is 10.1. The smallest absolute Gasteiger partial charge is 0.222 e. The minimum Gasteiger partial charge on any atom is -0.386 e. The van der Waals surface area contributed by atoms with Gasteiger partial charge in [-0.2, -0.15) is 0 Å². The maximum absolute atomic E-state index is 11.8. The van der Waals surface area contributed by atoms with E-state index in [1.165, 1.54) is 11.3 Å². The van der Waals surface area contributed by atoms with Crippen molar-refractivity contribution in [3.63, 3.8) is 0 Å². The summed E-state index contributed by atoms with van der Waals surface area (Å²) < 4.78 is 5.58. The third-order valence-corrected chi connectivity index (χ3v) is 4.16. The van der Waals surface area contributed by atoms with E-state index in [0.29, 0.717) is 10.9 Å². The summed E-state index contributed by atoms with van der Waals surface area (Å²) in [5, 5.41) is 12.6. The number of amides is 1. The van der Waals surface area contributed by atoms with E-state index in [0.717, 1.165) is 17.7 Å². The Morgan fingerprint density at radius 1 is 1.58 bits per heavy atom. The Morgan fingerprint density at radius 3 is 2.89 bits per heavy atom. The van der Waals surface area contributed by atoms with Crippen LogP contribution in [0.25, 0.3) is 0 Å². The molecular weight excluding hydrogens is 286 g/mol. The molecule has 0 radical (unpaired) electrons. The van der Waals surface area contributed by atoms with Gasteiger partial charge in [0.2, 0.25) is 5.91 Å². The third kappa shape index (κ3) is 5.91. The number of aliphatic hydroxyl groups is 1. The topological polar surface area (TPSA) is 58.6 Å². The van der Waals surface area contributed by atoms with Crippen LogP contribution in [0, 0.1) is 5.92 Å². The van der Waals surface area contributed by atoms with E-state index < -0.39 is 6.10 Å². The average molecular weight is 306 g/mol. The Kier molecular flexibility index (Phi) is 7.38. The number of carbonyl (C=O) groups is 1. The van der Waals surface area contributed by atoms with Gasteiger partial charge >= 0.3 is 0 Å². The van der Waals surface area contributed by atoms with Gasteiger partial charge in [-0.25, -0.2) is 0 Å². The van der Waals surface area contributed by atoms with Crippen molar-refractivity contribution in [2.24, 2.45) is 5.92 Å². The lowest BCUT2D eigenvalue weighted by Crippen LogP contribution is -2.32. The molecule has 0 spiro atoms. The van der Waals surface area contributed by atoms with Crippen LogP contribution in [0.3, 0.4) is 0 Å². The van der Waals surface area contributed by atoms with Crippen molar-refractivity contribution in [2.75, 3.05) is 20.3 Å². The van der Waals surface area contributed by atoms with E-state index in [2.05, 4.69) is 5.32 Å². The Hall–Kier alpha value is -0.620. The molecule has 4 nitrogen and oxygen atoms in total. The normalized spacial score (nSPS) is 14.1. The van der Waals surface area contributed by atoms with Crippen LogP contribution in [0.4, 0.5) is 0 Å². The quantitative estimate of drug-likeness (QED) is 0.726. The number of carbonyl (C=O) groups excluding carboxylic acids is 1. The molecule has 0 saturated heterocycles. The highest BCUT2D eigenvalue weighted by molar-refractivity contribution is 7.16. The number of hydrogen-bond acceptors (Lipinski definition) is 4. The van der Waals surface area contributed by atoms with Crippen LogP contribution in [0.15, 0.2) is 12.1 Å². The molecule has 1 heterocycles. The standard InChI is InChI=1S/C13H20ClNO3S/c1-9(4-3-7-18-2)13(17)15-8-10(16)11-5-6-12(14)19-11/h5-6,9-10,16H,3-4,7-8H2,1-2H3,(H,15,17). The van der Waals surface area contributed by atoms with Crippen molar-refractivity contribution < 1.29 is 14.6 Å². The van der Waals surface area contributed by atoms with Gasteiger partial charge in [0.15, 0.2) is 0 Å². The monoisotopic (exact) mass is 305 g/mol. The molecule has 2 unspecified atom stereocenters. The molecule has 0 bridgehead atoms. The van der Waals surface area contributed by atoms with E-state index in [9.17, 15) is 9.90 Å². The Balaban J connectivity index is 2.29. The van der Waals surface area contributed by atoms with Gasteiger partial charge in [0.05, 0.1) is 4.34 Å². The Morgan fingerprint density at radius 2 is 2.32 bits per heavy atom. The first-order chi connectivity index (χ1) is 9.04. The van der Waals surface area contributed by atoms with E-state index >= 15 is 0 Å². The number of ether oxygens (including phenoxy) is 1. The predicted octanol–water partition coefficient (Wildman–Crippen LogP) is 2.61. The molecule has 0 aliphatic heterocycles. The number of hydrogen-bond donors (Lipinski definition) is 2. The number of thiophene rings is 1. The lowest BCUT2D eigenvalue weighted by Gasteiger charge is -2.14. The molecule has 1 rings (SSSR count). The molecule has 2 atom stereocenters. The third-order valence-electron chi connectivity index (χ3n) is 2.83. The molecule has 108 valence electrons.